The minimum absolute atomic E-state index is 0.0111. The van der Waals surface area contributed by atoms with Gasteiger partial charge in [-0.15, -0.1) is 0 Å². The number of hydrogen-bond acceptors (Lipinski definition) is 5. The van der Waals surface area contributed by atoms with Crippen LogP contribution in [0.25, 0.3) is 22.8 Å². The van der Waals surface area contributed by atoms with Crippen LogP contribution in [0.3, 0.4) is 0 Å². The molecule has 0 radical (unpaired) electrons. The summed E-state index contributed by atoms with van der Waals surface area (Å²) in [6, 6.07) is 9.38. The number of oxazole rings is 1. The molecule has 122 valence electrons. The SMILES string of the molecule is CCOC(=O)Cc1nc(-c2ccc(F)cc2)oc1-c1cccnc1. The minimum atomic E-state index is -0.387. The molecule has 0 saturated heterocycles. The minimum Gasteiger partial charge on any atom is -0.466 e. The maximum absolute atomic E-state index is 13.1. The Morgan fingerprint density at radius 2 is 2.00 bits per heavy atom. The standard InChI is InChI=1S/C18H15FN2O3/c1-2-23-16(22)10-15-17(13-4-3-9-20-11-13)24-18(21-15)12-5-7-14(19)8-6-12/h3-9,11H,2,10H2,1H3. The number of carbonyl (C=O) groups excluding carboxylic acids is 1. The van der Waals surface area contributed by atoms with E-state index < -0.39 is 0 Å². The topological polar surface area (TPSA) is 65.2 Å². The van der Waals surface area contributed by atoms with Gasteiger partial charge in [0.2, 0.25) is 5.89 Å². The second-order valence-corrected chi connectivity index (χ2v) is 5.03. The predicted octanol–water partition coefficient (Wildman–Crippen LogP) is 3.65. The van der Waals surface area contributed by atoms with Crippen molar-refractivity contribution in [2.24, 2.45) is 0 Å². The molecule has 5 nitrogen and oxygen atoms in total. The molecule has 0 amide bonds. The van der Waals surface area contributed by atoms with Crippen LogP contribution >= 0.6 is 0 Å². The highest BCUT2D eigenvalue weighted by Gasteiger charge is 2.19. The van der Waals surface area contributed by atoms with Crippen molar-refractivity contribution in [3.63, 3.8) is 0 Å². The van der Waals surface area contributed by atoms with Crippen LogP contribution in [0.15, 0.2) is 53.2 Å². The first kappa shape index (κ1) is 15.9. The van der Waals surface area contributed by atoms with Gasteiger partial charge >= 0.3 is 5.97 Å². The number of ether oxygens (including phenoxy) is 1. The molecule has 0 unspecified atom stereocenters. The van der Waals surface area contributed by atoms with Crippen molar-refractivity contribution in [3.8, 4) is 22.8 Å². The van der Waals surface area contributed by atoms with Gasteiger partial charge < -0.3 is 9.15 Å². The van der Waals surface area contributed by atoms with Gasteiger partial charge in [0.15, 0.2) is 5.76 Å². The summed E-state index contributed by atoms with van der Waals surface area (Å²) >= 11 is 0. The summed E-state index contributed by atoms with van der Waals surface area (Å²) in [5.74, 6) is 0.0368. The molecule has 6 heteroatoms. The fourth-order valence-corrected chi connectivity index (χ4v) is 2.26. The number of aromatic nitrogens is 2. The number of nitrogens with zero attached hydrogens (tertiary/aromatic N) is 2. The maximum Gasteiger partial charge on any atom is 0.312 e. The van der Waals surface area contributed by atoms with Crippen molar-refractivity contribution in [2.75, 3.05) is 6.61 Å². The summed E-state index contributed by atoms with van der Waals surface area (Å²) in [4.78, 5) is 20.3. The quantitative estimate of drug-likeness (QED) is 0.670. The van der Waals surface area contributed by atoms with Crippen LogP contribution in [-0.2, 0) is 16.0 Å². The smallest absolute Gasteiger partial charge is 0.312 e. The molecule has 3 aromatic rings. The van der Waals surface area contributed by atoms with Crippen LogP contribution in [-0.4, -0.2) is 22.5 Å². The molecular weight excluding hydrogens is 311 g/mol. The lowest BCUT2D eigenvalue weighted by atomic mass is 10.1. The third kappa shape index (κ3) is 3.48. The highest BCUT2D eigenvalue weighted by atomic mass is 19.1. The van der Waals surface area contributed by atoms with Crippen LogP contribution in [0, 0.1) is 5.82 Å². The molecule has 0 spiro atoms. The first-order valence-electron chi connectivity index (χ1n) is 7.49. The Morgan fingerprint density at radius 3 is 2.67 bits per heavy atom. The van der Waals surface area contributed by atoms with E-state index in [1.54, 1.807) is 37.5 Å². The molecule has 1 aromatic carbocycles. The fraction of sp³-hybridized carbons (Fsp3) is 0.167. The van der Waals surface area contributed by atoms with Crippen LogP contribution < -0.4 is 0 Å². The van der Waals surface area contributed by atoms with E-state index in [1.165, 1.54) is 12.1 Å². The van der Waals surface area contributed by atoms with Gasteiger partial charge in [-0.1, -0.05) is 0 Å². The lowest BCUT2D eigenvalue weighted by Crippen LogP contribution is -2.08. The molecule has 0 aliphatic rings. The van der Waals surface area contributed by atoms with Gasteiger partial charge in [-0.2, -0.15) is 0 Å². The Hall–Kier alpha value is -3.02. The highest BCUT2D eigenvalue weighted by Crippen LogP contribution is 2.30. The number of rotatable bonds is 5. The van der Waals surface area contributed by atoms with Gasteiger partial charge in [-0.25, -0.2) is 9.37 Å². The zero-order chi connectivity index (χ0) is 16.9. The number of esters is 1. The van der Waals surface area contributed by atoms with E-state index in [9.17, 15) is 9.18 Å². The van der Waals surface area contributed by atoms with Crippen LogP contribution in [0.2, 0.25) is 0 Å². The zero-order valence-electron chi connectivity index (χ0n) is 13.0. The molecule has 0 N–H and O–H groups in total. The Kier molecular flexibility index (Phi) is 4.65. The van der Waals surface area contributed by atoms with Crippen molar-refractivity contribution in [1.29, 1.82) is 0 Å². The predicted molar refractivity (Wildman–Crippen MR) is 85.5 cm³/mol. The first-order chi connectivity index (χ1) is 11.7. The van der Waals surface area contributed by atoms with Crippen LogP contribution in [0.5, 0.6) is 0 Å². The monoisotopic (exact) mass is 326 g/mol. The zero-order valence-corrected chi connectivity index (χ0v) is 13.0. The third-order valence-electron chi connectivity index (χ3n) is 3.33. The average Bonchev–Trinajstić information content (AvgIpc) is 3.00. The van der Waals surface area contributed by atoms with E-state index in [1.807, 2.05) is 6.07 Å². The molecule has 0 fully saturated rings. The van der Waals surface area contributed by atoms with E-state index in [-0.39, 0.29) is 18.2 Å². The second-order valence-electron chi connectivity index (χ2n) is 5.03. The van der Waals surface area contributed by atoms with E-state index in [0.717, 1.165) is 0 Å². The van der Waals surface area contributed by atoms with Gasteiger partial charge in [0, 0.05) is 23.5 Å². The summed E-state index contributed by atoms with van der Waals surface area (Å²) in [5.41, 5.74) is 1.79. The number of halogens is 1. The summed E-state index contributed by atoms with van der Waals surface area (Å²) in [7, 11) is 0. The normalized spacial score (nSPS) is 10.6. The Bertz CT molecular complexity index is 829. The molecular formula is C18H15FN2O3. The average molecular weight is 326 g/mol. The largest absolute Gasteiger partial charge is 0.466 e. The highest BCUT2D eigenvalue weighted by molar-refractivity contribution is 5.76. The van der Waals surface area contributed by atoms with E-state index in [4.69, 9.17) is 9.15 Å². The van der Waals surface area contributed by atoms with E-state index in [2.05, 4.69) is 9.97 Å². The first-order valence-corrected chi connectivity index (χ1v) is 7.49. The second kappa shape index (κ2) is 7.04. The maximum atomic E-state index is 13.1. The Labute approximate surface area is 138 Å². The molecule has 2 heterocycles. The Balaban J connectivity index is 2.01. The summed E-state index contributed by atoms with van der Waals surface area (Å²) in [6.45, 7) is 2.04. The van der Waals surface area contributed by atoms with Gasteiger partial charge in [0.1, 0.15) is 5.82 Å². The van der Waals surface area contributed by atoms with Gasteiger partial charge in [0.05, 0.1) is 18.7 Å². The molecule has 0 atom stereocenters. The number of carbonyl (C=O) groups is 1. The van der Waals surface area contributed by atoms with Gasteiger partial charge in [-0.05, 0) is 43.3 Å². The summed E-state index contributed by atoms with van der Waals surface area (Å²) in [6.07, 6.45) is 3.26. The van der Waals surface area contributed by atoms with Crippen molar-refractivity contribution >= 4 is 5.97 Å². The van der Waals surface area contributed by atoms with Crippen LogP contribution in [0.1, 0.15) is 12.6 Å². The molecule has 0 aliphatic carbocycles. The third-order valence-corrected chi connectivity index (χ3v) is 3.33. The number of benzene rings is 1. The van der Waals surface area contributed by atoms with Crippen molar-refractivity contribution in [1.82, 2.24) is 9.97 Å². The molecule has 3 rings (SSSR count). The van der Waals surface area contributed by atoms with Crippen molar-refractivity contribution in [2.45, 2.75) is 13.3 Å². The van der Waals surface area contributed by atoms with Gasteiger partial charge in [0.25, 0.3) is 0 Å². The van der Waals surface area contributed by atoms with Gasteiger partial charge in [-0.3, -0.25) is 9.78 Å². The molecule has 0 bridgehead atoms. The van der Waals surface area contributed by atoms with E-state index >= 15 is 0 Å². The number of hydrogen-bond donors (Lipinski definition) is 0. The summed E-state index contributed by atoms with van der Waals surface area (Å²) < 4.78 is 23.9. The lowest BCUT2D eigenvalue weighted by molar-refractivity contribution is -0.142. The molecule has 0 saturated carbocycles. The summed E-state index contributed by atoms with van der Waals surface area (Å²) in [5, 5.41) is 0. The fourth-order valence-electron chi connectivity index (χ4n) is 2.26. The Morgan fingerprint density at radius 1 is 1.21 bits per heavy atom. The molecule has 2 aromatic heterocycles. The van der Waals surface area contributed by atoms with Crippen molar-refractivity contribution in [3.05, 3.63) is 60.3 Å². The molecule has 24 heavy (non-hydrogen) atoms. The van der Waals surface area contributed by atoms with Crippen LogP contribution in [0.4, 0.5) is 4.39 Å². The van der Waals surface area contributed by atoms with E-state index in [0.29, 0.717) is 35.1 Å². The number of pyridine rings is 1. The molecule has 0 aliphatic heterocycles. The lowest BCUT2D eigenvalue weighted by Gasteiger charge is -2.01. The van der Waals surface area contributed by atoms with Crippen molar-refractivity contribution < 1.29 is 18.3 Å².